The van der Waals surface area contributed by atoms with Crippen molar-refractivity contribution >= 4 is 70.5 Å². The molecule has 12 rings (SSSR count). The van der Waals surface area contributed by atoms with Gasteiger partial charge < -0.3 is 9.32 Å². The minimum Gasteiger partial charge on any atom is -0.455 e. The van der Waals surface area contributed by atoms with E-state index in [2.05, 4.69) is 211 Å². The average molecular weight is 758 g/mol. The van der Waals surface area contributed by atoms with E-state index in [1.807, 2.05) is 17.4 Å². The number of nitrogens with zero attached hydrogens (tertiary/aromatic N) is 1. The Balaban J connectivity index is 1.15. The molecule has 58 heavy (non-hydrogen) atoms. The Labute approximate surface area is 340 Å². The van der Waals surface area contributed by atoms with E-state index in [0.29, 0.717) is 0 Å². The van der Waals surface area contributed by atoms with Gasteiger partial charge in [-0.1, -0.05) is 164 Å². The van der Waals surface area contributed by atoms with E-state index < -0.39 is 5.41 Å². The highest BCUT2D eigenvalue weighted by molar-refractivity contribution is 7.25. The smallest absolute Gasteiger partial charge is 0.143 e. The van der Waals surface area contributed by atoms with E-state index in [0.717, 1.165) is 50.1 Å². The van der Waals surface area contributed by atoms with E-state index in [1.54, 1.807) is 0 Å². The molecule has 9 aromatic carbocycles. The van der Waals surface area contributed by atoms with E-state index in [-0.39, 0.29) is 0 Å². The van der Waals surface area contributed by atoms with E-state index in [9.17, 15) is 0 Å². The monoisotopic (exact) mass is 757 g/mol. The molecule has 0 fully saturated rings. The Bertz CT molecular complexity index is 3320. The Kier molecular flexibility index (Phi) is 7.35. The molecular weight excluding hydrogens is 723 g/mol. The van der Waals surface area contributed by atoms with Gasteiger partial charge in [-0.3, -0.25) is 0 Å². The van der Waals surface area contributed by atoms with E-state index in [1.165, 1.54) is 53.6 Å². The Hall–Kier alpha value is -7.20. The second-order valence-corrected chi connectivity index (χ2v) is 16.3. The number of thiophene rings is 1. The largest absolute Gasteiger partial charge is 0.455 e. The summed E-state index contributed by atoms with van der Waals surface area (Å²) in [5.74, 6) is 0. The molecule has 0 atom stereocenters. The SMILES string of the molecule is c1ccc(C2(c3ccccc3)c3ccccc3-c3c(N(c4cccc(-c5cccc6c5oc5ccccc56)c4)c4ccc5sc6ccccc6c5c4)cccc32)cc1. The fourth-order valence-electron chi connectivity index (χ4n) is 9.73. The summed E-state index contributed by atoms with van der Waals surface area (Å²) in [6, 6.07) is 77.6. The van der Waals surface area contributed by atoms with Crippen molar-refractivity contribution in [2.45, 2.75) is 5.41 Å². The van der Waals surface area contributed by atoms with Crippen molar-refractivity contribution in [1.82, 2.24) is 0 Å². The zero-order valence-electron chi connectivity index (χ0n) is 31.5. The summed E-state index contributed by atoms with van der Waals surface area (Å²) in [7, 11) is 0. The number of rotatable bonds is 6. The van der Waals surface area contributed by atoms with Crippen LogP contribution in [-0.4, -0.2) is 0 Å². The van der Waals surface area contributed by atoms with Gasteiger partial charge in [0.05, 0.1) is 11.1 Å². The quantitative estimate of drug-likeness (QED) is 0.168. The average Bonchev–Trinajstić information content (AvgIpc) is 3.96. The van der Waals surface area contributed by atoms with Crippen LogP contribution in [0.15, 0.2) is 217 Å². The standard InChI is InChI=1S/C55H35NOS/c1-3-17-37(18-4-1)55(38-19-5-2-6-20-38)47-27-10-7-24-45(47)53-48(55)28-15-29-49(53)56(40-32-33-52-46(35-40)43-23-9-12-31-51(43)58-52)39-21-13-16-36(34-39)41-25-14-26-44-42-22-8-11-30-50(42)57-54(41)44/h1-35H. The summed E-state index contributed by atoms with van der Waals surface area (Å²) in [4.78, 5) is 2.48. The van der Waals surface area contributed by atoms with Crippen LogP contribution in [-0.2, 0) is 5.41 Å². The van der Waals surface area contributed by atoms with Gasteiger partial charge >= 0.3 is 0 Å². The lowest BCUT2D eigenvalue weighted by Crippen LogP contribution is -2.28. The molecule has 1 aliphatic carbocycles. The minimum absolute atomic E-state index is 0.511. The Morgan fingerprint density at radius 3 is 1.88 bits per heavy atom. The lowest BCUT2D eigenvalue weighted by Gasteiger charge is -2.34. The highest BCUT2D eigenvalue weighted by atomic mass is 32.1. The molecule has 2 aromatic heterocycles. The van der Waals surface area contributed by atoms with Gasteiger partial charge in [-0.2, -0.15) is 0 Å². The molecular formula is C55H35NOS. The van der Waals surface area contributed by atoms with E-state index in [4.69, 9.17) is 4.42 Å². The summed E-state index contributed by atoms with van der Waals surface area (Å²) in [6.07, 6.45) is 0. The van der Waals surface area contributed by atoms with Crippen molar-refractivity contribution in [2.75, 3.05) is 4.90 Å². The third kappa shape index (κ3) is 4.78. The summed E-state index contributed by atoms with van der Waals surface area (Å²) in [5.41, 5.74) is 14.4. The normalized spacial score (nSPS) is 13.0. The van der Waals surface area contributed by atoms with Gasteiger partial charge in [0.2, 0.25) is 0 Å². The van der Waals surface area contributed by atoms with Crippen molar-refractivity contribution in [1.29, 1.82) is 0 Å². The number of hydrogen-bond acceptors (Lipinski definition) is 3. The number of fused-ring (bicyclic) bond motifs is 9. The molecule has 0 amide bonds. The predicted molar refractivity (Wildman–Crippen MR) is 244 cm³/mol. The molecule has 1 aliphatic rings. The first kappa shape index (κ1) is 33.0. The molecule has 0 bridgehead atoms. The van der Waals surface area contributed by atoms with Crippen molar-refractivity contribution < 1.29 is 4.42 Å². The molecule has 0 saturated carbocycles. The first-order chi connectivity index (χ1) is 28.8. The van der Waals surface area contributed by atoms with Crippen LogP contribution in [0.4, 0.5) is 17.1 Å². The molecule has 0 saturated heterocycles. The minimum atomic E-state index is -0.511. The molecule has 0 unspecified atom stereocenters. The number of para-hydroxylation sites is 2. The molecule has 0 radical (unpaired) electrons. The third-order valence-corrected chi connectivity index (χ3v) is 13.3. The number of anilines is 3. The first-order valence-corrected chi connectivity index (χ1v) is 20.7. The lowest BCUT2D eigenvalue weighted by molar-refractivity contribution is 0.670. The Morgan fingerprint density at radius 1 is 0.414 bits per heavy atom. The van der Waals surface area contributed by atoms with Crippen LogP contribution in [0.2, 0.25) is 0 Å². The van der Waals surface area contributed by atoms with Crippen LogP contribution in [0.3, 0.4) is 0 Å². The summed E-state index contributed by atoms with van der Waals surface area (Å²) < 4.78 is 9.16. The maximum atomic E-state index is 6.58. The summed E-state index contributed by atoms with van der Waals surface area (Å²) in [5, 5.41) is 4.81. The van der Waals surface area contributed by atoms with Crippen molar-refractivity contribution in [3.8, 4) is 22.3 Å². The van der Waals surface area contributed by atoms with Crippen molar-refractivity contribution in [3.05, 3.63) is 235 Å². The van der Waals surface area contributed by atoms with Gasteiger partial charge in [0.1, 0.15) is 11.2 Å². The van der Waals surface area contributed by atoms with Crippen LogP contribution in [0.1, 0.15) is 22.3 Å². The zero-order chi connectivity index (χ0) is 38.2. The van der Waals surface area contributed by atoms with Crippen LogP contribution in [0.5, 0.6) is 0 Å². The maximum Gasteiger partial charge on any atom is 0.143 e. The van der Waals surface area contributed by atoms with Gasteiger partial charge in [-0.05, 0) is 81.9 Å². The molecule has 2 nitrogen and oxygen atoms in total. The van der Waals surface area contributed by atoms with Gasteiger partial charge in [-0.15, -0.1) is 11.3 Å². The fourth-order valence-corrected chi connectivity index (χ4v) is 10.8. The van der Waals surface area contributed by atoms with Gasteiger partial charge in [0, 0.05) is 53.4 Å². The Morgan fingerprint density at radius 2 is 1.03 bits per heavy atom. The predicted octanol–water partition coefficient (Wildman–Crippen LogP) is 15.5. The van der Waals surface area contributed by atoms with Crippen LogP contribution < -0.4 is 4.90 Å². The maximum absolute atomic E-state index is 6.58. The number of benzene rings is 9. The molecule has 3 heteroatoms. The van der Waals surface area contributed by atoms with Gasteiger partial charge in [0.25, 0.3) is 0 Å². The number of furan rings is 1. The van der Waals surface area contributed by atoms with Gasteiger partial charge in [0.15, 0.2) is 0 Å². The highest BCUT2D eigenvalue weighted by Crippen LogP contribution is 2.59. The molecule has 272 valence electrons. The third-order valence-electron chi connectivity index (χ3n) is 12.1. The fraction of sp³-hybridized carbons (Fsp3) is 0.0182. The van der Waals surface area contributed by atoms with Crippen LogP contribution in [0.25, 0.3) is 64.4 Å². The first-order valence-electron chi connectivity index (χ1n) is 19.8. The molecule has 0 spiro atoms. The van der Waals surface area contributed by atoms with E-state index >= 15 is 0 Å². The summed E-state index contributed by atoms with van der Waals surface area (Å²) in [6.45, 7) is 0. The molecule has 0 aliphatic heterocycles. The zero-order valence-corrected chi connectivity index (χ0v) is 32.3. The second-order valence-electron chi connectivity index (χ2n) is 15.2. The molecule has 0 N–H and O–H groups in total. The highest BCUT2D eigenvalue weighted by Gasteiger charge is 2.47. The topological polar surface area (TPSA) is 16.4 Å². The molecule has 2 heterocycles. The lowest BCUT2D eigenvalue weighted by atomic mass is 9.68. The molecule has 11 aromatic rings. The van der Waals surface area contributed by atoms with Crippen LogP contribution >= 0.6 is 11.3 Å². The second kappa shape index (κ2) is 12.9. The summed E-state index contributed by atoms with van der Waals surface area (Å²) >= 11 is 1.85. The van der Waals surface area contributed by atoms with Crippen molar-refractivity contribution in [3.63, 3.8) is 0 Å². The van der Waals surface area contributed by atoms with Gasteiger partial charge in [-0.25, -0.2) is 0 Å². The number of hydrogen-bond donors (Lipinski definition) is 0. The van der Waals surface area contributed by atoms with Crippen LogP contribution in [0, 0.1) is 0 Å². The van der Waals surface area contributed by atoms with Crippen molar-refractivity contribution in [2.24, 2.45) is 0 Å².